The molecule has 3 nitrogen and oxygen atoms in total. The molecule has 0 spiro atoms. The van der Waals surface area contributed by atoms with Crippen molar-refractivity contribution in [1.29, 1.82) is 0 Å². The molecule has 1 aromatic carbocycles. The van der Waals surface area contributed by atoms with Crippen LogP contribution < -0.4 is 10.5 Å². The third-order valence-corrected chi connectivity index (χ3v) is 3.57. The number of nitrogens with two attached hydrogens (primary N) is 1. The van der Waals surface area contributed by atoms with Crippen LogP contribution in [0.1, 0.15) is 32.8 Å². The first kappa shape index (κ1) is 17.8. The number of hydrogen-bond acceptors (Lipinski definition) is 3. The molecule has 2 N–H and O–H groups in total. The maximum atomic E-state index is 12.1. The molecule has 0 amide bonds. The van der Waals surface area contributed by atoms with Crippen LogP contribution in [0.3, 0.4) is 0 Å². The number of rotatable bonds is 7. The van der Waals surface area contributed by atoms with Gasteiger partial charge in [0.25, 0.3) is 0 Å². The molecule has 0 heterocycles. The summed E-state index contributed by atoms with van der Waals surface area (Å²) in [5, 5.41) is 0. The number of ether oxygens (including phenoxy) is 2. The number of alkyl halides is 3. The molecule has 0 bridgehead atoms. The minimum Gasteiger partial charge on any atom is -0.406 e. The molecule has 1 aromatic rings. The lowest BCUT2D eigenvalue weighted by Gasteiger charge is -2.34. The van der Waals surface area contributed by atoms with E-state index in [0.29, 0.717) is 13.0 Å². The minimum absolute atomic E-state index is 0.233. The van der Waals surface area contributed by atoms with Gasteiger partial charge < -0.3 is 15.2 Å². The SMILES string of the molecule is CCOC(C)(CC)C(N)Cc1ccc(OC(F)(F)F)cc1. The zero-order valence-electron chi connectivity index (χ0n) is 12.5. The summed E-state index contributed by atoms with van der Waals surface area (Å²) in [6, 6.07) is 5.52. The highest BCUT2D eigenvalue weighted by atomic mass is 19.4. The van der Waals surface area contributed by atoms with Crippen LogP contribution in [-0.2, 0) is 11.2 Å². The smallest absolute Gasteiger partial charge is 0.406 e. The molecule has 0 aromatic heterocycles. The highest BCUT2D eigenvalue weighted by Gasteiger charge is 2.32. The maximum Gasteiger partial charge on any atom is 0.573 e. The molecule has 0 aliphatic carbocycles. The van der Waals surface area contributed by atoms with E-state index >= 15 is 0 Å². The van der Waals surface area contributed by atoms with Gasteiger partial charge >= 0.3 is 6.36 Å². The van der Waals surface area contributed by atoms with Crippen molar-refractivity contribution in [3.05, 3.63) is 29.8 Å². The van der Waals surface area contributed by atoms with E-state index in [1.54, 1.807) is 12.1 Å². The predicted octanol–water partition coefficient (Wildman–Crippen LogP) is 3.66. The topological polar surface area (TPSA) is 44.5 Å². The highest BCUT2D eigenvalue weighted by Crippen LogP contribution is 2.25. The largest absolute Gasteiger partial charge is 0.573 e. The van der Waals surface area contributed by atoms with Gasteiger partial charge in [0.2, 0.25) is 0 Å². The van der Waals surface area contributed by atoms with Crippen molar-refractivity contribution >= 4 is 0 Å². The highest BCUT2D eigenvalue weighted by molar-refractivity contribution is 5.28. The molecule has 0 aliphatic heterocycles. The van der Waals surface area contributed by atoms with Gasteiger partial charge in [0, 0.05) is 12.6 Å². The Morgan fingerprint density at radius 3 is 2.14 bits per heavy atom. The Balaban J connectivity index is 2.71. The normalized spacial score (nSPS) is 16.3. The summed E-state index contributed by atoms with van der Waals surface area (Å²) >= 11 is 0. The average molecular weight is 305 g/mol. The summed E-state index contributed by atoms with van der Waals surface area (Å²) in [4.78, 5) is 0. The lowest BCUT2D eigenvalue weighted by atomic mass is 9.89. The van der Waals surface area contributed by atoms with Crippen LogP contribution in [0.5, 0.6) is 5.75 Å². The van der Waals surface area contributed by atoms with E-state index in [0.717, 1.165) is 12.0 Å². The van der Waals surface area contributed by atoms with E-state index < -0.39 is 12.0 Å². The Bertz CT molecular complexity index is 434. The van der Waals surface area contributed by atoms with Crippen molar-refractivity contribution < 1.29 is 22.6 Å². The van der Waals surface area contributed by atoms with Gasteiger partial charge in [-0.3, -0.25) is 0 Å². The molecule has 0 aliphatic rings. The molecule has 21 heavy (non-hydrogen) atoms. The van der Waals surface area contributed by atoms with E-state index in [2.05, 4.69) is 4.74 Å². The van der Waals surface area contributed by atoms with E-state index in [1.165, 1.54) is 12.1 Å². The first-order valence-corrected chi connectivity index (χ1v) is 6.94. The van der Waals surface area contributed by atoms with Gasteiger partial charge in [0.05, 0.1) is 5.60 Å². The molecule has 0 fully saturated rings. The van der Waals surface area contributed by atoms with Gasteiger partial charge in [-0.15, -0.1) is 13.2 Å². The van der Waals surface area contributed by atoms with Gasteiger partial charge in [-0.1, -0.05) is 19.1 Å². The van der Waals surface area contributed by atoms with Gasteiger partial charge in [-0.25, -0.2) is 0 Å². The van der Waals surface area contributed by atoms with Crippen molar-refractivity contribution in [3.8, 4) is 5.75 Å². The van der Waals surface area contributed by atoms with Crippen molar-refractivity contribution in [3.63, 3.8) is 0 Å². The summed E-state index contributed by atoms with van der Waals surface area (Å²) in [7, 11) is 0. The molecule has 6 heteroatoms. The third-order valence-electron chi connectivity index (χ3n) is 3.57. The van der Waals surface area contributed by atoms with Gasteiger partial charge in [-0.2, -0.15) is 0 Å². The molecule has 0 saturated carbocycles. The van der Waals surface area contributed by atoms with Gasteiger partial charge in [0.1, 0.15) is 5.75 Å². The van der Waals surface area contributed by atoms with Crippen LogP contribution in [0.25, 0.3) is 0 Å². The average Bonchev–Trinajstić information content (AvgIpc) is 2.39. The van der Waals surface area contributed by atoms with Gasteiger partial charge in [0.15, 0.2) is 0 Å². The van der Waals surface area contributed by atoms with Crippen LogP contribution in [0.4, 0.5) is 13.2 Å². The first-order valence-electron chi connectivity index (χ1n) is 6.94. The molecule has 2 atom stereocenters. The fraction of sp³-hybridized carbons (Fsp3) is 0.600. The summed E-state index contributed by atoms with van der Waals surface area (Å²) in [5.74, 6) is -0.233. The Morgan fingerprint density at radius 1 is 1.14 bits per heavy atom. The zero-order valence-corrected chi connectivity index (χ0v) is 12.5. The van der Waals surface area contributed by atoms with Crippen LogP contribution in [-0.4, -0.2) is 24.6 Å². The van der Waals surface area contributed by atoms with Gasteiger partial charge in [-0.05, 0) is 44.4 Å². The Morgan fingerprint density at radius 2 is 1.71 bits per heavy atom. The van der Waals surface area contributed by atoms with Crippen LogP contribution in [0.15, 0.2) is 24.3 Å². The molecule has 120 valence electrons. The van der Waals surface area contributed by atoms with E-state index in [4.69, 9.17) is 10.5 Å². The van der Waals surface area contributed by atoms with Crippen molar-refractivity contribution in [2.45, 2.75) is 51.6 Å². The van der Waals surface area contributed by atoms with Crippen LogP contribution in [0, 0.1) is 0 Å². The quantitative estimate of drug-likeness (QED) is 0.836. The van der Waals surface area contributed by atoms with E-state index in [-0.39, 0.29) is 11.8 Å². The standard InChI is InChI=1S/C15H22F3NO2/c1-4-14(3,20-5-2)13(19)10-11-6-8-12(9-7-11)21-15(16,17)18/h6-9,13H,4-5,10,19H2,1-3H3. The molecule has 2 unspecified atom stereocenters. The summed E-state index contributed by atoms with van der Waals surface area (Å²) in [6.45, 7) is 6.42. The second kappa shape index (κ2) is 7.13. The summed E-state index contributed by atoms with van der Waals surface area (Å²) in [5.41, 5.74) is 6.58. The molecule has 1 rings (SSSR count). The molecular weight excluding hydrogens is 283 g/mol. The van der Waals surface area contributed by atoms with Crippen LogP contribution >= 0.6 is 0 Å². The number of halogens is 3. The lowest BCUT2D eigenvalue weighted by molar-refractivity contribution is -0.274. The Labute approximate surface area is 123 Å². The molecule has 0 radical (unpaired) electrons. The first-order chi connectivity index (χ1) is 9.70. The minimum atomic E-state index is -4.67. The third kappa shape index (κ3) is 5.55. The van der Waals surface area contributed by atoms with Crippen LogP contribution in [0.2, 0.25) is 0 Å². The second-order valence-electron chi connectivity index (χ2n) is 5.10. The monoisotopic (exact) mass is 305 g/mol. The fourth-order valence-corrected chi connectivity index (χ4v) is 2.10. The maximum absolute atomic E-state index is 12.1. The molecule has 0 saturated heterocycles. The Hall–Kier alpha value is -1.27. The van der Waals surface area contributed by atoms with E-state index in [1.807, 2.05) is 20.8 Å². The van der Waals surface area contributed by atoms with Crippen molar-refractivity contribution in [1.82, 2.24) is 0 Å². The fourth-order valence-electron chi connectivity index (χ4n) is 2.10. The van der Waals surface area contributed by atoms with E-state index in [9.17, 15) is 13.2 Å². The van der Waals surface area contributed by atoms with Crippen molar-refractivity contribution in [2.75, 3.05) is 6.61 Å². The predicted molar refractivity (Wildman–Crippen MR) is 75.1 cm³/mol. The summed E-state index contributed by atoms with van der Waals surface area (Å²) < 4.78 is 45.8. The lowest BCUT2D eigenvalue weighted by Crippen LogP contribution is -2.48. The number of hydrogen-bond donors (Lipinski definition) is 1. The summed E-state index contributed by atoms with van der Waals surface area (Å²) in [6.07, 6.45) is -3.39. The Kier molecular flexibility index (Phi) is 6.04. The number of benzene rings is 1. The zero-order chi connectivity index (χ0) is 16.1. The second-order valence-corrected chi connectivity index (χ2v) is 5.10. The van der Waals surface area contributed by atoms with Crippen molar-refractivity contribution in [2.24, 2.45) is 5.73 Å². The molecular formula is C15H22F3NO2.